The molecule has 0 rings (SSSR count). The average Bonchev–Trinajstić information content (AvgIpc) is 1.81. The Morgan fingerprint density at radius 1 is 1.36 bits per heavy atom. The molecule has 64 valence electrons. The molecule has 0 aliphatic heterocycles. The lowest BCUT2D eigenvalue weighted by Gasteiger charge is -2.16. The molecule has 0 aromatic carbocycles. The summed E-state index contributed by atoms with van der Waals surface area (Å²) < 4.78 is 0. The van der Waals surface area contributed by atoms with E-state index >= 15 is 0 Å². The molecular weight excluding hydrogens is 152 g/mol. The molecule has 0 atom stereocenters. The van der Waals surface area contributed by atoms with Crippen LogP contribution in [0.5, 0.6) is 0 Å². The van der Waals surface area contributed by atoms with Crippen LogP contribution >= 0.6 is 0 Å². The van der Waals surface area contributed by atoms with Crippen LogP contribution in [0.15, 0.2) is 11.3 Å². The van der Waals surface area contributed by atoms with Gasteiger partial charge in [-0.25, -0.2) is 0 Å². The Morgan fingerprint density at radius 2 is 1.91 bits per heavy atom. The summed E-state index contributed by atoms with van der Waals surface area (Å²) in [5.41, 5.74) is 3.74. The summed E-state index contributed by atoms with van der Waals surface area (Å²) in [6.45, 7) is 8.83. The van der Waals surface area contributed by atoms with E-state index < -0.39 is 8.07 Å². The van der Waals surface area contributed by atoms with Crippen molar-refractivity contribution in [3.05, 3.63) is 11.3 Å². The summed E-state index contributed by atoms with van der Waals surface area (Å²) in [5, 5.41) is 0. The van der Waals surface area contributed by atoms with E-state index in [4.69, 9.17) is 0 Å². The summed E-state index contributed by atoms with van der Waals surface area (Å²) in [6.07, 6.45) is 1.75. The summed E-state index contributed by atoms with van der Waals surface area (Å²) in [4.78, 5) is 10.1. The van der Waals surface area contributed by atoms with Crippen molar-refractivity contribution in [1.82, 2.24) is 0 Å². The maximum atomic E-state index is 10.1. The van der Waals surface area contributed by atoms with E-state index in [0.29, 0.717) is 0 Å². The van der Waals surface area contributed by atoms with Crippen molar-refractivity contribution >= 4 is 14.4 Å². The van der Waals surface area contributed by atoms with Crippen LogP contribution in [0, 0.1) is 0 Å². The number of hydrogen-bond donors (Lipinski definition) is 0. The van der Waals surface area contributed by atoms with Gasteiger partial charge in [-0.1, -0.05) is 24.4 Å². The third-order valence-corrected chi connectivity index (χ3v) is 4.52. The molecule has 0 aromatic rings. The molecule has 0 aliphatic rings. The minimum atomic E-state index is -1.18. The molecule has 0 fully saturated rings. The standard InChI is InChI=1S/C9H18OSi/c1-9(2)8-11(3,4)7-5-6-10/h6,8H,5,7H2,1-4H3. The number of hydrogen-bond acceptors (Lipinski definition) is 1. The van der Waals surface area contributed by atoms with Gasteiger partial charge >= 0.3 is 0 Å². The number of carbonyl (C=O) groups is 1. The van der Waals surface area contributed by atoms with Gasteiger partial charge < -0.3 is 4.79 Å². The summed E-state index contributed by atoms with van der Waals surface area (Å²) >= 11 is 0. The van der Waals surface area contributed by atoms with Gasteiger partial charge in [0.15, 0.2) is 0 Å². The average molecular weight is 170 g/mol. The highest BCUT2D eigenvalue weighted by molar-refractivity contribution is 6.82. The predicted octanol–water partition coefficient (Wildman–Crippen LogP) is 2.79. The number of carbonyl (C=O) groups excluding carboxylic acids is 1. The monoisotopic (exact) mass is 170 g/mol. The Hall–Kier alpha value is -0.373. The molecule has 0 aromatic heterocycles. The van der Waals surface area contributed by atoms with Crippen LogP contribution in [0.4, 0.5) is 0 Å². The lowest BCUT2D eigenvalue weighted by molar-refractivity contribution is -0.107. The van der Waals surface area contributed by atoms with Crippen LogP contribution in [0.3, 0.4) is 0 Å². The molecule has 0 heterocycles. The van der Waals surface area contributed by atoms with Crippen molar-refractivity contribution in [3.63, 3.8) is 0 Å². The van der Waals surface area contributed by atoms with E-state index in [1.807, 2.05) is 0 Å². The molecule has 0 bridgehead atoms. The lowest BCUT2D eigenvalue weighted by atomic mass is 10.4. The van der Waals surface area contributed by atoms with Gasteiger partial charge in [0.2, 0.25) is 0 Å². The highest BCUT2D eigenvalue weighted by Crippen LogP contribution is 2.14. The second kappa shape index (κ2) is 4.49. The van der Waals surface area contributed by atoms with Crippen molar-refractivity contribution in [3.8, 4) is 0 Å². The molecule has 0 radical (unpaired) electrons. The smallest absolute Gasteiger partial charge is 0.119 e. The second-order valence-electron chi connectivity index (χ2n) is 3.92. The van der Waals surface area contributed by atoms with Gasteiger partial charge in [0.05, 0.1) is 8.07 Å². The molecule has 0 N–H and O–H groups in total. The van der Waals surface area contributed by atoms with Crippen molar-refractivity contribution in [1.29, 1.82) is 0 Å². The van der Waals surface area contributed by atoms with Crippen LogP contribution in [-0.4, -0.2) is 14.4 Å². The van der Waals surface area contributed by atoms with Gasteiger partial charge in [-0.3, -0.25) is 0 Å². The highest BCUT2D eigenvalue weighted by atomic mass is 28.3. The molecule has 0 saturated heterocycles. The fourth-order valence-electron chi connectivity index (χ4n) is 1.28. The van der Waals surface area contributed by atoms with Gasteiger partial charge in [-0.05, 0) is 19.9 Å². The van der Waals surface area contributed by atoms with E-state index in [1.54, 1.807) is 0 Å². The van der Waals surface area contributed by atoms with Gasteiger partial charge in [-0.15, -0.1) is 0 Å². The molecule has 1 nitrogen and oxygen atoms in total. The third-order valence-electron chi connectivity index (χ3n) is 1.59. The molecular formula is C9H18OSi. The molecule has 0 saturated carbocycles. The zero-order valence-corrected chi connectivity index (χ0v) is 8.98. The largest absolute Gasteiger partial charge is 0.303 e. The maximum absolute atomic E-state index is 10.1. The van der Waals surface area contributed by atoms with Crippen LogP contribution in [0.25, 0.3) is 0 Å². The molecule has 0 unspecified atom stereocenters. The maximum Gasteiger partial charge on any atom is 0.119 e. The summed E-state index contributed by atoms with van der Waals surface area (Å²) in [6, 6.07) is 1.08. The Bertz CT molecular complexity index is 155. The fraction of sp³-hybridized carbons (Fsp3) is 0.667. The Kier molecular flexibility index (Phi) is 4.34. The van der Waals surface area contributed by atoms with Crippen molar-refractivity contribution < 1.29 is 4.79 Å². The van der Waals surface area contributed by atoms with Crippen molar-refractivity contribution in [2.24, 2.45) is 0 Å². The zero-order valence-electron chi connectivity index (χ0n) is 7.98. The van der Waals surface area contributed by atoms with Crippen LogP contribution in [0.1, 0.15) is 20.3 Å². The van der Waals surface area contributed by atoms with Crippen LogP contribution in [-0.2, 0) is 4.79 Å². The van der Waals surface area contributed by atoms with Gasteiger partial charge in [0.1, 0.15) is 6.29 Å². The number of allylic oxidation sites excluding steroid dienone is 1. The number of rotatable bonds is 4. The van der Waals surface area contributed by atoms with Gasteiger partial charge in [0, 0.05) is 6.42 Å². The first-order valence-electron chi connectivity index (χ1n) is 4.07. The highest BCUT2D eigenvalue weighted by Gasteiger charge is 2.15. The van der Waals surface area contributed by atoms with E-state index in [1.165, 1.54) is 5.57 Å². The Balaban J connectivity index is 3.99. The van der Waals surface area contributed by atoms with Gasteiger partial charge in [0.25, 0.3) is 0 Å². The second-order valence-corrected chi connectivity index (χ2v) is 8.68. The molecule has 11 heavy (non-hydrogen) atoms. The predicted molar refractivity (Wildman–Crippen MR) is 52.4 cm³/mol. The first-order valence-corrected chi connectivity index (χ1v) is 7.36. The van der Waals surface area contributed by atoms with Crippen molar-refractivity contribution in [2.45, 2.75) is 39.4 Å². The molecule has 0 amide bonds. The van der Waals surface area contributed by atoms with E-state index in [9.17, 15) is 4.79 Å². The Labute approximate surface area is 70.5 Å². The first-order chi connectivity index (χ1) is 4.98. The topological polar surface area (TPSA) is 17.1 Å². The van der Waals surface area contributed by atoms with Crippen molar-refractivity contribution in [2.75, 3.05) is 0 Å². The quantitative estimate of drug-likeness (QED) is 0.468. The zero-order chi connectivity index (χ0) is 8.91. The van der Waals surface area contributed by atoms with Crippen LogP contribution in [0.2, 0.25) is 19.1 Å². The molecule has 2 heteroatoms. The van der Waals surface area contributed by atoms with Gasteiger partial charge in [-0.2, -0.15) is 0 Å². The first kappa shape index (κ1) is 10.6. The number of aldehydes is 1. The minimum Gasteiger partial charge on any atom is -0.303 e. The van der Waals surface area contributed by atoms with E-state index in [2.05, 4.69) is 32.6 Å². The molecule has 0 spiro atoms. The minimum absolute atomic E-state index is 0.725. The van der Waals surface area contributed by atoms with E-state index in [0.717, 1.165) is 18.8 Å². The SMILES string of the molecule is CC(C)=C[Si](C)(C)CCC=O. The fourth-order valence-corrected chi connectivity index (χ4v) is 3.85. The lowest BCUT2D eigenvalue weighted by Crippen LogP contribution is -2.22. The van der Waals surface area contributed by atoms with Crippen LogP contribution < -0.4 is 0 Å². The summed E-state index contributed by atoms with van der Waals surface area (Å²) in [7, 11) is -1.18. The molecule has 0 aliphatic carbocycles. The third kappa shape index (κ3) is 6.04. The Morgan fingerprint density at radius 3 is 2.27 bits per heavy atom. The normalized spacial score (nSPS) is 10.9. The summed E-state index contributed by atoms with van der Waals surface area (Å²) in [5.74, 6) is 0. The van der Waals surface area contributed by atoms with E-state index in [-0.39, 0.29) is 0 Å².